The van der Waals surface area contributed by atoms with Gasteiger partial charge in [0.25, 0.3) is 5.91 Å². The van der Waals surface area contributed by atoms with Gasteiger partial charge in [0.2, 0.25) is 5.62 Å². The zero-order valence-electron chi connectivity index (χ0n) is 24.0. The molecule has 6 aromatic rings. The van der Waals surface area contributed by atoms with Crippen molar-refractivity contribution in [2.24, 2.45) is 12.0 Å². The molecule has 0 aliphatic rings. The van der Waals surface area contributed by atoms with Crippen LogP contribution in [0.2, 0.25) is 5.02 Å². The maximum atomic E-state index is 14.7. The molecule has 47 heavy (non-hydrogen) atoms. The number of fused-ring (bicyclic) bond motifs is 1. The highest BCUT2D eigenvalue weighted by Crippen LogP contribution is 2.29. The SMILES string of the molecule is Cn1cc2cc(/N=c3\[nH]c(=O)n(Cc4cnnn4C(=O)/C=C/c4cccc(F)c4)c(=O)n3Cc3cc(F)c(F)cc3F)c(Cl)cc2n1. The van der Waals surface area contributed by atoms with Crippen LogP contribution >= 0.6 is 11.6 Å². The number of rotatable bonds is 7. The molecule has 0 amide bonds. The molecule has 1 N–H and O–H groups in total. The maximum Gasteiger partial charge on any atom is 0.335 e. The summed E-state index contributed by atoms with van der Waals surface area (Å²) in [4.78, 5) is 46.8. The lowest BCUT2D eigenvalue weighted by atomic mass is 10.2. The van der Waals surface area contributed by atoms with Crippen LogP contribution in [0.5, 0.6) is 0 Å². The number of aryl methyl sites for hydroxylation is 1. The molecular weight excluding hydrogens is 646 g/mol. The molecule has 0 bridgehead atoms. The highest BCUT2D eigenvalue weighted by molar-refractivity contribution is 6.33. The number of aromatic amines is 1. The fraction of sp³-hybridized carbons (Fsp3) is 0.100. The van der Waals surface area contributed by atoms with E-state index in [0.717, 1.165) is 21.5 Å². The Kier molecular flexibility index (Phi) is 8.25. The highest BCUT2D eigenvalue weighted by atomic mass is 35.5. The van der Waals surface area contributed by atoms with Crippen molar-refractivity contribution in [3.8, 4) is 0 Å². The molecule has 238 valence electrons. The normalized spacial score (nSPS) is 12.1. The van der Waals surface area contributed by atoms with Crippen molar-refractivity contribution in [1.29, 1.82) is 0 Å². The van der Waals surface area contributed by atoms with Gasteiger partial charge in [0, 0.05) is 36.3 Å². The molecule has 6 rings (SSSR count). The predicted octanol–water partition coefficient (Wildman–Crippen LogP) is 3.71. The standard InChI is InChI=1S/C30H20ClF4N9O3/c1-41-13-18-9-26(21(31)10-25(18)39-41)37-28-38-29(46)43(30(47)42(28)14-17-8-23(34)24(35)11-22(17)33)15-20-12-36-40-44(20)27(45)6-5-16-3-2-4-19(32)7-16/h2-13H,14-15H2,1H3,(H,37,38,46)/b6-5+. The predicted molar refractivity (Wildman–Crippen MR) is 161 cm³/mol. The van der Waals surface area contributed by atoms with Gasteiger partial charge in [-0.2, -0.15) is 9.78 Å². The molecule has 0 atom stereocenters. The highest BCUT2D eigenvalue weighted by Gasteiger charge is 2.18. The first kappa shape index (κ1) is 31.1. The van der Waals surface area contributed by atoms with Crippen LogP contribution < -0.4 is 17.0 Å². The summed E-state index contributed by atoms with van der Waals surface area (Å²) in [5, 5.41) is 12.4. The third-order valence-electron chi connectivity index (χ3n) is 6.93. The van der Waals surface area contributed by atoms with Crippen LogP contribution in [0.15, 0.2) is 81.6 Å². The molecule has 0 radical (unpaired) electrons. The molecular formula is C30H20ClF4N9O3. The van der Waals surface area contributed by atoms with Crippen molar-refractivity contribution >= 4 is 40.2 Å². The fourth-order valence-electron chi connectivity index (χ4n) is 4.70. The third kappa shape index (κ3) is 6.44. The van der Waals surface area contributed by atoms with Crippen LogP contribution in [0.3, 0.4) is 0 Å². The van der Waals surface area contributed by atoms with E-state index in [9.17, 15) is 31.9 Å². The number of hydrogen-bond acceptors (Lipinski definition) is 7. The molecule has 0 saturated heterocycles. The van der Waals surface area contributed by atoms with Crippen molar-refractivity contribution in [3.63, 3.8) is 0 Å². The number of allylic oxidation sites excluding steroid dienone is 1. The number of H-pyrrole nitrogens is 1. The number of aromatic nitrogens is 8. The number of nitrogens with zero attached hydrogens (tertiary/aromatic N) is 8. The van der Waals surface area contributed by atoms with Gasteiger partial charge >= 0.3 is 11.4 Å². The van der Waals surface area contributed by atoms with E-state index in [1.54, 1.807) is 30.1 Å². The molecule has 12 nitrogen and oxygen atoms in total. The zero-order chi connectivity index (χ0) is 33.4. The van der Waals surface area contributed by atoms with Crippen LogP contribution in [0.4, 0.5) is 23.2 Å². The number of hydrogen-bond donors (Lipinski definition) is 1. The number of carbonyl (C=O) groups excluding carboxylic acids is 1. The average molecular weight is 666 g/mol. The largest absolute Gasteiger partial charge is 0.335 e. The molecule has 0 fully saturated rings. The maximum absolute atomic E-state index is 14.7. The Balaban J connectivity index is 1.45. The van der Waals surface area contributed by atoms with E-state index in [0.29, 0.717) is 33.2 Å². The Bertz CT molecular complexity index is 2420. The first-order valence-electron chi connectivity index (χ1n) is 13.6. The summed E-state index contributed by atoms with van der Waals surface area (Å²) in [5.41, 5.74) is -1.85. The monoisotopic (exact) mass is 665 g/mol. The second-order valence-corrected chi connectivity index (χ2v) is 10.6. The second-order valence-electron chi connectivity index (χ2n) is 10.2. The summed E-state index contributed by atoms with van der Waals surface area (Å²) in [7, 11) is 1.70. The van der Waals surface area contributed by atoms with Gasteiger partial charge in [0.05, 0.1) is 41.2 Å². The van der Waals surface area contributed by atoms with Crippen molar-refractivity contribution in [1.82, 2.24) is 38.9 Å². The summed E-state index contributed by atoms with van der Waals surface area (Å²) < 4.78 is 59.9. The first-order valence-corrected chi connectivity index (χ1v) is 14.0. The summed E-state index contributed by atoms with van der Waals surface area (Å²) in [6, 6.07) is 9.43. The molecule has 0 spiro atoms. The summed E-state index contributed by atoms with van der Waals surface area (Å²) in [6.45, 7) is -1.25. The Hall–Kier alpha value is -5.90. The van der Waals surface area contributed by atoms with E-state index in [1.165, 1.54) is 30.3 Å². The van der Waals surface area contributed by atoms with Crippen molar-refractivity contribution in [3.05, 3.63) is 139 Å². The van der Waals surface area contributed by atoms with Crippen molar-refractivity contribution in [2.75, 3.05) is 0 Å². The lowest BCUT2D eigenvalue weighted by Gasteiger charge is -2.12. The molecule has 0 aliphatic carbocycles. The minimum absolute atomic E-state index is 0.00758. The Morgan fingerprint density at radius 2 is 1.79 bits per heavy atom. The Morgan fingerprint density at radius 3 is 2.57 bits per heavy atom. The van der Waals surface area contributed by atoms with Gasteiger partial charge in [-0.15, -0.1) is 5.10 Å². The second kappa shape index (κ2) is 12.5. The van der Waals surface area contributed by atoms with Gasteiger partial charge < -0.3 is 0 Å². The molecule has 3 heterocycles. The summed E-state index contributed by atoms with van der Waals surface area (Å²) in [6.07, 6.45) is 5.25. The molecule has 3 aromatic heterocycles. The minimum atomic E-state index is -1.44. The number of carbonyl (C=O) groups is 1. The summed E-state index contributed by atoms with van der Waals surface area (Å²) in [5.74, 6) is -5.20. The summed E-state index contributed by atoms with van der Waals surface area (Å²) >= 11 is 6.41. The average Bonchev–Trinajstić information content (AvgIpc) is 3.63. The quantitative estimate of drug-likeness (QED) is 0.157. The molecule has 3 aromatic carbocycles. The van der Waals surface area contributed by atoms with Crippen LogP contribution in [-0.2, 0) is 20.1 Å². The lowest BCUT2D eigenvalue weighted by molar-refractivity contribution is 0.0949. The van der Waals surface area contributed by atoms with Gasteiger partial charge in [-0.1, -0.05) is 28.9 Å². The molecule has 17 heteroatoms. The third-order valence-corrected chi connectivity index (χ3v) is 7.23. The van der Waals surface area contributed by atoms with E-state index in [2.05, 4.69) is 25.4 Å². The van der Waals surface area contributed by atoms with E-state index < -0.39 is 64.8 Å². The van der Waals surface area contributed by atoms with Gasteiger partial charge in [-0.25, -0.2) is 36.7 Å². The lowest BCUT2D eigenvalue weighted by Crippen LogP contribution is -2.50. The minimum Gasteiger partial charge on any atom is -0.277 e. The Labute approximate surface area is 265 Å². The van der Waals surface area contributed by atoms with Crippen LogP contribution in [-0.4, -0.2) is 44.8 Å². The van der Waals surface area contributed by atoms with Crippen molar-refractivity contribution in [2.45, 2.75) is 13.1 Å². The van der Waals surface area contributed by atoms with E-state index in [1.807, 2.05) is 0 Å². The zero-order valence-corrected chi connectivity index (χ0v) is 24.8. The molecule has 0 saturated carbocycles. The van der Waals surface area contributed by atoms with Crippen molar-refractivity contribution < 1.29 is 22.4 Å². The number of nitrogens with one attached hydrogen (secondary N) is 1. The Morgan fingerprint density at radius 1 is 1.00 bits per heavy atom. The van der Waals surface area contributed by atoms with Crippen LogP contribution in [0.25, 0.3) is 17.0 Å². The number of halogens is 5. The van der Waals surface area contributed by atoms with E-state index >= 15 is 0 Å². The number of benzene rings is 3. The topological polar surface area (TPSA) is 138 Å². The van der Waals surface area contributed by atoms with Gasteiger partial charge in [0.15, 0.2) is 11.6 Å². The van der Waals surface area contributed by atoms with Gasteiger partial charge in [0.1, 0.15) is 11.6 Å². The molecule has 0 unspecified atom stereocenters. The van der Waals surface area contributed by atoms with Crippen LogP contribution in [0.1, 0.15) is 21.6 Å². The van der Waals surface area contributed by atoms with Gasteiger partial charge in [-0.05, 0) is 42.0 Å². The fourth-order valence-corrected chi connectivity index (χ4v) is 4.90. The first-order chi connectivity index (χ1) is 22.5. The smallest absolute Gasteiger partial charge is 0.277 e. The van der Waals surface area contributed by atoms with E-state index in [-0.39, 0.29) is 16.4 Å². The van der Waals surface area contributed by atoms with E-state index in [4.69, 9.17) is 11.6 Å². The van der Waals surface area contributed by atoms with Crippen LogP contribution in [0, 0.1) is 23.3 Å². The molecule has 0 aliphatic heterocycles. The van der Waals surface area contributed by atoms with Gasteiger partial charge in [-0.3, -0.25) is 19.0 Å².